The zero-order valence-electron chi connectivity index (χ0n) is 10.5. The second kappa shape index (κ2) is 4.96. The van der Waals surface area contributed by atoms with E-state index in [9.17, 15) is 13.2 Å². The smallest absolute Gasteiger partial charge is 0.367 e. The van der Waals surface area contributed by atoms with Crippen molar-refractivity contribution in [3.8, 4) is 6.07 Å². The van der Waals surface area contributed by atoms with Crippen LogP contribution in [0.15, 0.2) is 29.8 Å². The summed E-state index contributed by atoms with van der Waals surface area (Å²) < 4.78 is 38.1. The summed E-state index contributed by atoms with van der Waals surface area (Å²) in [6.07, 6.45) is -1.54. The molecule has 5 heteroatoms. The Morgan fingerprint density at radius 3 is 2.58 bits per heavy atom. The summed E-state index contributed by atoms with van der Waals surface area (Å²) in [4.78, 5) is 1.97. The van der Waals surface area contributed by atoms with E-state index in [-0.39, 0.29) is 5.56 Å². The van der Waals surface area contributed by atoms with E-state index in [0.717, 1.165) is 19.0 Å². The van der Waals surface area contributed by atoms with E-state index in [1.54, 1.807) is 6.07 Å². The van der Waals surface area contributed by atoms with Crippen LogP contribution >= 0.6 is 0 Å². The number of hydrogen-bond donors (Lipinski definition) is 0. The van der Waals surface area contributed by atoms with Crippen molar-refractivity contribution in [3.05, 3.63) is 41.0 Å². The Bertz CT molecular complexity index is 553. The minimum atomic E-state index is -4.48. The Morgan fingerprint density at radius 2 is 2.05 bits per heavy atom. The predicted octanol–water partition coefficient (Wildman–Crippen LogP) is 3.73. The Labute approximate surface area is 109 Å². The zero-order valence-corrected chi connectivity index (χ0v) is 10.5. The van der Waals surface area contributed by atoms with Gasteiger partial charge in [0.1, 0.15) is 0 Å². The number of rotatable bonds is 1. The van der Waals surface area contributed by atoms with Crippen molar-refractivity contribution in [2.24, 2.45) is 0 Å². The highest BCUT2D eigenvalue weighted by Crippen LogP contribution is 2.34. The lowest BCUT2D eigenvalue weighted by Gasteiger charge is -2.28. The molecule has 1 aromatic carbocycles. The molecule has 1 heterocycles. The van der Waals surface area contributed by atoms with Crippen LogP contribution in [0.25, 0.3) is 0 Å². The SMILES string of the molecule is CC1=CCN(c2ccc(C(F)(F)F)c(C#N)c2)CC1. The molecule has 100 valence electrons. The number of halogens is 3. The zero-order chi connectivity index (χ0) is 14.0. The van der Waals surface area contributed by atoms with Gasteiger partial charge < -0.3 is 4.90 Å². The van der Waals surface area contributed by atoms with Crippen LogP contribution in [0.2, 0.25) is 0 Å². The van der Waals surface area contributed by atoms with Gasteiger partial charge in [-0.15, -0.1) is 0 Å². The fraction of sp³-hybridized carbons (Fsp3) is 0.357. The van der Waals surface area contributed by atoms with Crippen LogP contribution in [0.4, 0.5) is 18.9 Å². The van der Waals surface area contributed by atoms with Crippen molar-refractivity contribution >= 4 is 5.69 Å². The Morgan fingerprint density at radius 1 is 1.32 bits per heavy atom. The quantitative estimate of drug-likeness (QED) is 0.724. The molecule has 0 bridgehead atoms. The standard InChI is InChI=1S/C14H13F3N2/c1-10-4-6-19(7-5-10)12-2-3-13(14(15,16)17)11(8-12)9-18/h2-4,8H,5-7H2,1H3. The first-order chi connectivity index (χ1) is 8.91. The van der Waals surface area contributed by atoms with Crippen molar-refractivity contribution in [2.75, 3.05) is 18.0 Å². The molecule has 0 unspecified atom stereocenters. The summed E-state index contributed by atoms with van der Waals surface area (Å²) in [5.41, 5.74) is 0.746. The van der Waals surface area contributed by atoms with E-state index in [1.165, 1.54) is 17.7 Å². The largest absolute Gasteiger partial charge is 0.417 e. The van der Waals surface area contributed by atoms with Crippen molar-refractivity contribution in [1.29, 1.82) is 5.26 Å². The maximum absolute atomic E-state index is 12.7. The van der Waals surface area contributed by atoms with Crippen molar-refractivity contribution in [1.82, 2.24) is 0 Å². The molecule has 0 amide bonds. The third kappa shape index (κ3) is 2.90. The molecule has 0 spiro atoms. The molecule has 1 aliphatic heterocycles. The molecule has 1 aromatic rings. The molecule has 2 nitrogen and oxygen atoms in total. The average molecular weight is 266 g/mol. The summed E-state index contributed by atoms with van der Waals surface area (Å²) >= 11 is 0. The molecule has 19 heavy (non-hydrogen) atoms. The van der Waals surface area contributed by atoms with Gasteiger partial charge in [-0.3, -0.25) is 0 Å². The molecule has 0 saturated carbocycles. The van der Waals surface area contributed by atoms with Gasteiger partial charge in [0.05, 0.1) is 17.2 Å². The van der Waals surface area contributed by atoms with E-state index >= 15 is 0 Å². The van der Waals surface area contributed by atoms with Crippen LogP contribution in [0.3, 0.4) is 0 Å². The van der Waals surface area contributed by atoms with Crippen LogP contribution in [-0.4, -0.2) is 13.1 Å². The molecule has 0 fully saturated rings. The van der Waals surface area contributed by atoms with Gasteiger partial charge in [-0.25, -0.2) is 0 Å². The summed E-state index contributed by atoms with van der Waals surface area (Å²) in [5.74, 6) is 0. The molecular formula is C14H13F3N2. The van der Waals surface area contributed by atoms with Gasteiger partial charge in [0.2, 0.25) is 0 Å². The number of benzene rings is 1. The minimum Gasteiger partial charge on any atom is -0.367 e. The van der Waals surface area contributed by atoms with Crippen LogP contribution in [-0.2, 0) is 6.18 Å². The van der Waals surface area contributed by atoms with Gasteiger partial charge in [0.25, 0.3) is 0 Å². The second-order valence-corrected chi connectivity index (χ2v) is 4.59. The van der Waals surface area contributed by atoms with Crippen molar-refractivity contribution in [3.63, 3.8) is 0 Å². The monoisotopic (exact) mass is 266 g/mol. The Kier molecular flexibility index (Phi) is 3.52. The molecule has 0 aliphatic carbocycles. The van der Waals surface area contributed by atoms with Crippen LogP contribution in [0.5, 0.6) is 0 Å². The maximum atomic E-state index is 12.7. The lowest BCUT2D eigenvalue weighted by molar-refractivity contribution is -0.137. The fourth-order valence-corrected chi connectivity index (χ4v) is 2.07. The third-order valence-electron chi connectivity index (χ3n) is 3.23. The number of nitriles is 1. The number of alkyl halides is 3. The van der Waals surface area contributed by atoms with Gasteiger partial charge >= 0.3 is 6.18 Å². The average Bonchev–Trinajstić information content (AvgIpc) is 2.38. The van der Waals surface area contributed by atoms with E-state index < -0.39 is 11.7 Å². The second-order valence-electron chi connectivity index (χ2n) is 4.59. The van der Waals surface area contributed by atoms with Crippen LogP contribution in [0, 0.1) is 11.3 Å². The number of nitrogens with zero attached hydrogens (tertiary/aromatic N) is 2. The maximum Gasteiger partial charge on any atom is 0.417 e. The normalized spacial score (nSPS) is 15.9. The first-order valence-electron chi connectivity index (χ1n) is 5.94. The topological polar surface area (TPSA) is 27.0 Å². The summed E-state index contributed by atoms with van der Waals surface area (Å²) in [6.45, 7) is 3.46. The van der Waals surface area contributed by atoms with Crippen LogP contribution < -0.4 is 4.90 Å². The highest BCUT2D eigenvalue weighted by atomic mass is 19.4. The van der Waals surface area contributed by atoms with E-state index in [0.29, 0.717) is 12.2 Å². The van der Waals surface area contributed by atoms with E-state index in [1.807, 2.05) is 17.9 Å². The molecule has 0 aromatic heterocycles. The van der Waals surface area contributed by atoms with Gasteiger partial charge in [-0.05, 0) is 31.5 Å². The lowest BCUT2D eigenvalue weighted by atomic mass is 10.0. The highest BCUT2D eigenvalue weighted by Gasteiger charge is 2.33. The number of anilines is 1. The van der Waals surface area contributed by atoms with Crippen LogP contribution in [0.1, 0.15) is 24.5 Å². The van der Waals surface area contributed by atoms with Gasteiger partial charge in [0, 0.05) is 18.8 Å². The molecule has 0 N–H and O–H groups in total. The first kappa shape index (κ1) is 13.5. The minimum absolute atomic E-state index is 0.323. The van der Waals surface area contributed by atoms with Gasteiger partial charge in [-0.2, -0.15) is 18.4 Å². The Hall–Kier alpha value is -1.96. The van der Waals surface area contributed by atoms with Crippen molar-refractivity contribution < 1.29 is 13.2 Å². The molecule has 0 atom stereocenters. The lowest BCUT2D eigenvalue weighted by Crippen LogP contribution is -2.28. The molecule has 1 aliphatic rings. The van der Waals surface area contributed by atoms with Gasteiger partial charge in [-0.1, -0.05) is 11.6 Å². The summed E-state index contributed by atoms with van der Waals surface area (Å²) in [5, 5.41) is 8.87. The number of hydrogen-bond acceptors (Lipinski definition) is 2. The van der Waals surface area contributed by atoms with E-state index in [4.69, 9.17) is 5.26 Å². The van der Waals surface area contributed by atoms with E-state index in [2.05, 4.69) is 0 Å². The van der Waals surface area contributed by atoms with Crippen molar-refractivity contribution in [2.45, 2.75) is 19.5 Å². The summed E-state index contributed by atoms with van der Waals surface area (Å²) in [6, 6.07) is 5.36. The molecular weight excluding hydrogens is 253 g/mol. The highest BCUT2D eigenvalue weighted by molar-refractivity contribution is 5.56. The molecule has 0 radical (unpaired) electrons. The Balaban J connectivity index is 2.33. The first-order valence-corrected chi connectivity index (χ1v) is 5.94. The molecule has 2 rings (SSSR count). The predicted molar refractivity (Wildman–Crippen MR) is 66.7 cm³/mol. The van der Waals surface area contributed by atoms with Gasteiger partial charge in [0.15, 0.2) is 0 Å². The third-order valence-corrected chi connectivity index (χ3v) is 3.23. The summed E-state index contributed by atoms with van der Waals surface area (Å²) in [7, 11) is 0. The molecule has 0 saturated heterocycles. The fourth-order valence-electron chi connectivity index (χ4n) is 2.07.